The molecule has 1 N–H and O–H groups in total. The van der Waals surface area contributed by atoms with E-state index in [2.05, 4.69) is 0 Å². The van der Waals surface area contributed by atoms with Gasteiger partial charge < -0.3 is 9.84 Å². The third kappa shape index (κ3) is 4.26. The highest BCUT2D eigenvalue weighted by molar-refractivity contribution is 5.29. The summed E-state index contributed by atoms with van der Waals surface area (Å²) in [6.07, 6.45) is -3.92. The lowest BCUT2D eigenvalue weighted by Crippen LogP contribution is -2.29. The lowest BCUT2D eigenvalue weighted by molar-refractivity contribution is -0.137. The van der Waals surface area contributed by atoms with E-state index in [0.717, 1.165) is 12.1 Å². The number of halogens is 3. The van der Waals surface area contributed by atoms with Crippen molar-refractivity contribution >= 4 is 0 Å². The van der Waals surface area contributed by atoms with E-state index in [0.29, 0.717) is 12.2 Å². The molecule has 0 saturated carbocycles. The number of aliphatic hydroxyl groups is 1. The quantitative estimate of drug-likeness (QED) is 0.886. The Hall–Kier alpha value is -1.23. The van der Waals surface area contributed by atoms with Crippen LogP contribution in [0.15, 0.2) is 24.3 Å². The lowest BCUT2D eigenvalue weighted by Gasteiger charge is -2.25. The Bertz CT molecular complexity index is 355. The molecule has 0 atom stereocenters. The Labute approximate surface area is 98.0 Å². The first-order valence-electron chi connectivity index (χ1n) is 5.22. The van der Waals surface area contributed by atoms with Crippen molar-refractivity contribution in [2.75, 3.05) is 6.61 Å². The van der Waals surface area contributed by atoms with Crippen molar-refractivity contribution in [3.05, 3.63) is 29.8 Å². The molecule has 0 aliphatic carbocycles. The van der Waals surface area contributed by atoms with E-state index < -0.39 is 17.3 Å². The van der Waals surface area contributed by atoms with Crippen LogP contribution in [0.3, 0.4) is 0 Å². The Morgan fingerprint density at radius 2 is 1.65 bits per heavy atom. The van der Waals surface area contributed by atoms with E-state index >= 15 is 0 Å². The molecule has 0 aromatic heterocycles. The molecule has 0 saturated heterocycles. The average Bonchev–Trinajstić information content (AvgIpc) is 2.16. The standard InChI is InChI=1S/C12H15F3O2/c1-11(2,7-8-16)17-10-5-3-9(4-6-10)12(13,14)15/h3-6,16H,7-8H2,1-2H3. The summed E-state index contributed by atoms with van der Waals surface area (Å²) in [7, 11) is 0. The fourth-order valence-corrected chi connectivity index (χ4v) is 1.35. The third-order valence-electron chi connectivity index (χ3n) is 2.29. The van der Waals surface area contributed by atoms with Gasteiger partial charge in [0.05, 0.1) is 5.56 Å². The molecular weight excluding hydrogens is 233 g/mol. The molecule has 96 valence electrons. The second kappa shape index (κ2) is 4.96. The molecular formula is C12H15F3O2. The van der Waals surface area contributed by atoms with Crippen molar-refractivity contribution in [2.24, 2.45) is 0 Å². The molecule has 2 nitrogen and oxygen atoms in total. The number of alkyl halides is 3. The fourth-order valence-electron chi connectivity index (χ4n) is 1.35. The van der Waals surface area contributed by atoms with E-state index in [1.807, 2.05) is 0 Å². The van der Waals surface area contributed by atoms with Gasteiger partial charge in [-0.25, -0.2) is 0 Å². The van der Waals surface area contributed by atoms with Crippen LogP contribution in [0, 0.1) is 0 Å². The summed E-state index contributed by atoms with van der Waals surface area (Å²) in [5.41, 5.74) is -1.31. The normalized spacial score (nSPS) is 12.6. The van der Waals surface area contributed by atoms with Crippen molar-refractivity contribution in [1.82, 2.24) is 0 Å². The molecule has 0 fully saturated rings. The topological polar surface area (TPSA) is 29.5 Å². The number of hydrogen-bond donors (Lipinski definition) is 1. The van der Waals surface area contributed by atoms with Gasteiger partial charge in [0.1, 0.15) is 11.4 Å². The van der Waals surface area contributed by atoms with E-state index in [9.17, 15) is 13.2 Å². The van der Waals surface area contributed by atoms with Gasteiger partial charge in [0.15, 0.2) is 0 Å². The van der Waals surface area contributed by atoms with Crippen LogP contribution in [-0.2, 0) is 6.18 Å². The maximum atomic E-state index is 12.3. The number of ether oxygens (including phenoxy) is 1. The molecule has 0 unspecified atom stereocenters. The monoisotopic (exact) mass is 248 g/mol. The van der Waals surface area contributed by atoms with Gasteiger partial charge in [-0.05, 0) is 38.1 Å². The van der Waals surface area contributed by atoms with E-state index in [1.165, 1.54) is 12.1 Å². The molecule has 0 aliphatic rings. The van der Waals surface area contributed by atoms with Crippen molar-refractivity contribution in [2.45, 2.75) is 32.0 Å². The van der Waals surface area contributed by atoms with E-state index in [-0.39, 0.29) is 6.61 Å². The van der Waals surface area contributed by atoms with Crippen LogP contribution >= 0.6 is 0 Å². The first-order valence-corrected chi connectivity index (χ1v) is 5.22. The van der Waals surface area contributed by atoms with Crippen LogP contribution in [0.1, 0.15) is 25.8 Å². The molecule has 0 heterocycles. The summed E-state index contributed by atoms with van der Waals surface area (Å²) < 4.78 is 42.4. The minimum atomic E-state index is -4.33. The van der Waals surface area contributed by atoms with Crippen LogP contribution in [0.25, 0.3) is 0 Å². The second-order valence-corrected chi connectivity index (χ2v) is 4.36. The van der Waals surface area contributed by atoms with Crippen LogP contribution in [0.4, 0.5) is 13.2 Å². The van der Waals surface area contributed by atoms with Crippen molar-refractivity contribution in [3.63, 3.8) is 0 Å². The molecule has 0 radical (unpaired) electrons. The van der Waals surface area contributed by atoms with Gasteiger partial charge in [-0.15, -0.1) is 0 Å². The Kier molecular flexibility index (Phi) is 4.03. The second-order valence-electron chi connectivity index (χ2n) is 4.36. The number of hydrogen-bond acceptors (Lipinski definition) is 2. The zero-order valence-electron chi connectivity index (χ0n) is 9.71. The number of aliphatic hydroxyl groups excluding tert-OH is 1. The smallest absolute Gasteiger partial charge is 0.416 e. The molecule has 0 aliphatic heterocycles. The highest BCUT2D eigenvalue weighted by Gasteiger charge is 2.30. The number of benzene rings is 1. The van der Waals surface area contributed by atoms with Gasteiger partial charge in [0, 0.05) is 13.0 Å². The average molecular weight is 248 g/mol. The Balaban J connectivity index is 2.75. The van der Waals surface area contributed by atoms with Gasteiger partial charge in [0.25, 0.3) is 0 Å². The van der Waals surface area contributed by atoms with Gasteiger partial charge in [-0.1, -0.05) is 0 Å². The van der Waals surface area contributed by atoms with E-state index in [4.69, 9.17) is 9.84 Å². The zero-order valence-corrected chi connectivity index (χ0v) is 9.71. The Morgan fingerprint density at radius 1 is 1.12 bits per heavy atom. The maximum Gasteiger partial charge on any atom is 0.416 e. The van der Waals surface area contributed by atoms with Gasteiger partial charge in [0.2, 0.25) is 0 Å². The summed E-state index contributed by atoms with van der Waals surface area (Å²) in [6, 6.07) is 4.51. The lowest BCUT2D eigenvalue weighted by atomic mass is 10.1. The summed E-state index contributed by atoms with van der Waals surface area (Å²) in [4.78, 5) is 0. The minimum Gasteiger partial charge on any atom is -0.488 e. The molecule has 0 spiro atoms. The van der Waals surface area contributed by atoms with E-state index in [1.54, 1.807) is 13.8 Å². The van der Waals surface area contributed by atoms with Crippen molar-refractivity contribution in [3.8, 4) is 5.75 Å². The SMILES string of the molecule is CC(C)(CCO)Oc1ccc(C(F)(F)F)cc1. The predicted octanol–water partition coefficient (Wildman–Crippen LogP) is 3.25. The molecule has 5 heteroatoms. The van der Waals surface area contributed by atoms with Crippen LogP contribution in [-0.4, -0.2) is 17.3 Å². The zero-order chi connectivity index (χ0) is 13.1. The van der Waals surface area contributed by atoms with Crippen LogP contribution < -0.4 is 4.74 Å². The summed E-state index contributed by atoms with van der Waals surface area (Å²) in [5, 5.41) is 8.80. The fraction of sp³-hybridized carbons (Fsp3) is 0.500. The molecule has 0 amide bonds. The van der Waals surface area contributed by atoms with Gasteiger partial charge in [-0.3, -0.25) is 0 Å². The van der Waals surface area contributed by atoms with Crippen LogP contribution in [0.2, 0.25) is 0 Å². The highest BCUT2D eigenvalue weighted by atomic mass is 19.4. The summed E-state index contributed by atoms with van der Waals surface area (Å²) >= 11 is 0. The van der Waals surface area contributed by atoms with Crippen molar-refractivity contribution < 1.29 is 23.0 Å². The highest BCUT2D eigenvalue weighted by Crippen LogP contribution is 2.31. The molecule has 17 heavy (non-hydrogen) atoms. The first kappa shape index (κ1) is 13.8. The van der Waals surface area contributed by atoms with Gasteiger partial charge >= 0.3 is 6.18 Å². The van der Waals surface area contributed by atoms with Crippen molar-refractivity contribution in [1.29, 1.82) is 0 Å². The van der Waals surface area contributed by atoms with Crippen LogP contribution in [0.5, 0.6) is 5.75 Å². The minimum absolute atomic E-state index is 0.0341. The maximum absolute atomic E-state index is 12.3. The Morgan fingerprint density at radius 3 is 2.06 bits per heavy atom. The molecule has 0 bridgehead atoms. The molecule has 1 rings (SSSR count). The largest absolute Gasteiger partial charge is 0.488 e. The first-order chi connectivity index (χ1) is 7.74. The molecule has 1 aromatic carbocycles. The summed E-state index contributed by atoms with van der Waals surface area (Å²) in [6.45, 7) is 3.50. The number of rotatable bonds is 4. The third-order valence-corrected chi connectivity index (χ3v) is 2.29. The predicted molar refractivity (Wildman–Crippen MR) is 57.9 cm³/mol. The molecule has 1 aromatic rings. The van der Waals surface area contributed by atoms with Gasteiger partial charge in [-0.2, -0.15) is 13.2 Å². The summed E-state index contributed by atoms with van der Waals surface area (Å²) in [5.74, 6) is 0.358.